The third kappa shape index (κ3) is 5.41. The van der Waals surface area contributed by atoms with Gasteiger partial charge in [0.25, 0.3) is 11.8 Å². The number of amides is 2. The summed E-state index contributed by atoms with van der Waals surface area (Å²) in [5.74, 6) is -0.167. The molecule has 1 fully saturated rings. The molecule has 1 saturated carbocycles. The summed E-state index contributed by atoms with van der Waals surface area (Å²) < 4.78 is 0. The molecule has 2 amide bonds. The Labute approximate surface area is 216 Å². The standard InChI is InChI=1S/C29H29ClN2O2S/c30-24-14-8-6-10-21(24)19-32-25-18-20(28(33)31-22-11-4-2-1-3-5-12-22)16-17-27(25)35-26-15-9-7-13-23(26)29(32)34/h6-10,13-18,22H,1-5,11-12,19H2,(H,31,33). The van der Waals surface area contributed by atoms with Gasteiger partial charge in [-0.25, -0.2) is 0 Å². The molecule has 3 aromatic carbocycles. The summed E-state index contributed by atoms with van der Waals surface area (Å²) in [6.07, 6.45) is 8.14. The fourth-order valence-corrected chi connectivity index (χ4v) is 6.14. The van der Waals surface area contributed by atoms with Crippen LogP contribution in [-0.2, 0) is 6.54 Å². The maximum Gasteiger partial charge on any atom is 0.259 e. The molecule has 0 atom stereocenters. The molecule has 0 saturated heterocycles. The number of anilines is 1. The number of halogens is 1. The van der Waals surface area contributed by atoms with Gasteiger partial charge >= 0.3 is 0 Å². The van der Waals surface area contributed by atoms with E-state index in [1.807, 2.05) is 66.7 Å². The van der Waals surface area contributed by atoms with Crippen molar-refractivity contribution in [3.05, 3.63) is 88.4 Å². The normalized spacial score (nSPS) is 16.5. The third-order valence-electron chi connectivity index (χ3n) is 6.82. The molecular weight excluding hydrogens is 476 g/mol. The zero-order chi connectivity index (χ0) is 24.2. The van der Waals surface area contributed by atoms with Gasteiger partial charge < -0.3 is 10.2 Å². The van der Waals surface area contributed by atoms with Crippen molar-refractivity contribution in [2.75, 3.05) is 4.90 Å². The Morgan fingerprint density at radius 1 is 0.914 bits per heavy atom. The van der Waals surface area contributed by atoms with E-state index < -0.39 is 0 Å². The smallest absolute Gasteiger partial charge is 0.259 e. The van der Waals surface area contributed by atoms with Crippen LogP contribution in [0.3, 0.4) is 0 Å². The summed E-state index contributed by atoms with van der Waals surface area (Å²) in [5.41, 5.74) is 2.83. The van der Waals surface area contributed by atoms with Crippen molar-refractivity contribution in [3.63, 3.8) is 0 Å². The van der Waals surface area contributed by atoms with E-state index in [2.05, 4.69) is 5.32 Å². The Balaban J connectivity index is 1.49. The molecule has 1 aliphatic carbocycles. The Kier molecular flexibility index (Phi) is 7.45. The van der Waals surface area contributed by atoms with Gasteiger partial charge in [0, 0.05) is 26.4 Å². The topological polar surface area (TPSA) is 49.4 Å². The molecule has 0 unspecified atom stereocenters. The highest BCUT2D eigenvalue weighted by molar-refractivity contribution is 7.99. The number of benzene rings is 3. The Bertz CT molecular complexity index is 1240. The number of hydrogen-bond acceptors (Lipinski definition) is 3. The van der Waals surface area contributed by atoms with Crippen molar-refractivity contribution in [2.45, 2.75) is 67.3 Å². The van der Waals surface area contributed by atoms with Gasteiger partial charge in [-0.15, -0.1) is 0 Å². The SMILES string of the molecule is O=C(NC1CCCCCCC1)c1ccc2c(c1)N(Cc1ccccc1Cl)C(=O)c1ccccc1S2. The van der Waals surface area contributed by atoms with Crippen LogP contribution in [0.4, 0.5) is 5.69 Å². The summed E-state index contributed by atoms with van der Waals surface area (Å²) in [6, 6.07) is 21.1. The molecule has 180 valence electrons. The number of hydrogen-bond donors (Lipinski definition) is 1. The average Bonchev–Trinajstić information content (AvgIpc) is 2.96. The minimum absolute atomic E-state index is 0.0738. The van der Waals surface area contributed by atoms with Crippen LogP contribution in [0.15, 0.2) is 76.5 Å². The zero-order valence-electron chi connectivity index (χ0n) is 19.6. The van der Waals surface area contributed by atoms with E-state index in [0.717, 1.165) is 46.7 Å². The maximum atomic E-state index is 13.8. The van der Waals surface area contributed by atoms with Crippen LogP contribution in [0.25, 0.3) is 0 Å². The molecule has 5 rings (SSSR count). The van der Waals surface area contributed by atoms with Gasteiger partial charge in [0.15, 0.2) is 0 Å². The van der Waals surface area contributed by atoms with Crippen molar-refractivity contribution in [1.82, 2.24) is 5.32 Å². The number of rotatable bonds is 4. The first kappa shape index (κ1) is 24.0. The van der Waals surface area contributed by atoms with Gasteiger partial charge in [0.05, 0.1) is 17.8 Å². The van der Waals surface area contributed by atoms with Crippen molar-refractivity contribution in [3.8, 4) is 0 Å². The Hall–Kier alpha value is -2.76. The van der Waals surface area contributed by atoms with Crippen LogP contribution in [-0.4, -0.2) is 17.9 Å². The van der Waals surface area contributed by atoms with Crippen molar-refractivity contribution in [2.24, 2.45) is 0 Å². The van der Waals surface area contributed by atoms with Crippen molar-refractivity contribution in [1.29, 1.82) is 0 Å². The second-order valence-corrected chi connectivity index (χ2v) is 10.8. The summed E-state index contributed by atoms with van der Waals surface area (Å²) in [7, 11) is 0. The lowest BCUT2D eigenvalue weighted by atomic mass is 9.96. The summed E-state index contributed by atoms with van der Waals surface area (Å²) in [5, 5.41) is 3.87. The van der Waals surface area contributed by atoms with Crippen molar-refractivity contribution < 1.29 is 9.59 Å². The van der Waals surface area contributed by atoms with Crippen LogP contribution in [0.2, 0.25) is 5.02 Å². The minimum Gasteiger partial charge on any atom is -0.349 e. The molecule has 6 heteroatoms. The van der Waals surface area contributed by atoms with Crippen LogP contribution >= 0.6 is 23.4 Å². The van der Waals surface area contributed by atoms with Crippen LogP contribution < -0.4 is 10.2 Å². The fourth-order valence-electron chi connectivity index (χ4n) is 4.88. The third-order valence-corrected chi connectivity index (χ3v) is 8.33. The molecule has 3 aromatic rings. The number of carbonyl (C=O) groups excluding carboxylic acids is 2. The van der Waals surface area contributed by atoms with Gasteiger partial charge in [-0.2, -0.15) is 0 Å². The largest absolute Gasteiger partial charge is 0.349 e. The molecule has 1 heterocycles. The highest BCUT2D eigenvalue weighted by Gasteiger charge is 2.29. The van der Waals surface area contributed by atoms with Gasteiger partial charge in [0.2, 0.25) is 0 Å². The molecule has 0 radical (unpaired) electrons. The van der Waals surface area contributed by atoms with E-state index in [0.29, 0.717) is 22.7 Å². The van der Waals surface area contributed by atoms with Gasteiger partial charge in [0.1, 0.15) is 0 Å². The van der Waals surface area contributed by atoms with Gasteiger partial charge in [-0.1, -0.05) is 85.8 Å². The predicted molar refractivity (Wildman–Crippen MR) is 143 cm³/mol. The molecule has 0 spiro atoms. The summed E-state index contributed by atoms with van der Waals surface area (Å²) in [4.78, 5) is 30.6. The molecule has 0 bridgehead atoms. The molecule has 2 aliphatic rings. The second kappa shape index (κ2) is 10.9. The van der Waals surface area contributed by atoms with E-state index in [4.69, 9.17) is 11.6 Å². The van der Waals surface area contributed by atoms with E-state index in [1.165, 1.54) is 19.3 Å². The highest BCUT2D eigenvalue weighted by Crippen LogP contribution is 2.42. The number of carbonyl (C=O) groups is 2. The highest BCUT2D eigenvalue weighted by atomic mass is 35.5. The number of fused-ring (bicyclic) bond motifs is 2. The van der Waals surface area contributed by atoms with Gasteiger partial charge in [-0.3, -0.25) is 9.59 Å². The lowest BCUT2D eigenvalue weighted by Crippen LogP contribution is -2.35. The number of nitrogens with zero attached hydrogens (tertiary/aromatic N) is 1. The quantitative estimate of drug-likeness (QED) is 0.400. The summed E-state index contributed by atoms with van der Waals surface area (Å²) in [6.45, 7) is 0.327. The van der Waals surface area contributed by atoms with Gasteiger partial charge in [-0.05, 0) is 54.8 Å². The van der Waals surface area contributed by atoms with Crippen molar-refractivity contribution >= 4 is 40.9 Å². The number of nitrogens with one attached hydrogen (secondary N) is 1. The molecule has 4 nitrogen and oxygen atoms in total. The van der Waals surface area contributed by atoms with Crippen LogP contribution in [0.5, 0.6) is 0 Å². The predicted octanol–water partition coefficient (Wildman–Crippen LogP) is 7.49. The van der Waals surface area contributed by atoms with E-state index in [1.54, 1.807) is 16.7 Å². The maximum absolute atomic E-state index is 13.8. The van der Waals surface area contributed by atoms with E-state index in [-0.39, 0.29) is 17.9 Å². The Morgan fingerprint density at radius 3 is 2.43 bits per heavy atom. The first-order chi connectivity index (χ1) is 17.1. The first-order valence-electron chi connectivity index (χ1n) is 12.4. The second-order valence-electron chi connectivity index (χ2n) is 9.28. The molecular formula is C29H29ClN2O2S. The molecule has 1 aliphatic heterocycles. The molecule has 1 N–H and O–H groups in total. The van der Waals surface area contributed by atoms with Crippen LogP contribution in [0, 0.1) is 0 Å². The lowest BCUT2D eigenvalue weighted by molar-refractivity contribution is 0.0928. The summed E-state index contributed by atoms with van der Waals surface area (Å²) >= 11 is 8.03. The monoisotopic (exact) mass is 504 g/mol. The fraction of sp³-hybridized carbons (Fsp3) is 0.310. The minimum atomic E-state index is -0.0932. The first-order valence-corrected chi connectivity index (χ1v) is 13.6. The van der Waals surface area contributed by atoms with Crippen LogP contribution in [0.1, 0.15) is 71.2 Å². The molecule has 35 heavy (non-hydrogen) atoms. The lowest BCUT2D eigenvalue weighted by Gasteiger charge is -2.25. The molecule has 0 aromatic heterocycles. The Morgan fingerprint density at radius 2 is 1.63 bits per heavy atom. The zero-order valence-corrected chi connectivity index (χ0v) is 21.2. The average molecular weight is 505 g/mol. The van der Waals surface area contributed by atoms with E-state index in [9.17, 15) is 9.59 Å². The van der Waals surface area contributed by atoms with E-state index >= 15 is 0 Å².